The Morgan fingerprint density at radius 2 is 1.78 bits per heavy atom. The summed E-state index contributed by atoms with van der Waals surface area (Å²) in [7, 11) is 0. The monoisotopic (exact) mass is 531 g/mol. The summed E-state index contributed by atoms with van der Waals surface area (Å²) in [6.45, 7) is 9.34. The minimum Gasteiger partial charge on any atom is -0.465 e. The number of piperidine rings is 1. The van der Waals surface area contributed by atoms with Gasteiger partial charge in [-0.15, -0.1) is 0 Å². The van der Waals surface area contributed by atoms with Crippen molar-refractivity contribution in [3.8, 4) is 0 Å². The third kappa shape index (κ3) is 7.72. The first-order valence-corrected chi connectivity index (χ1v) is 14.2. The molecule has 7 nitrogen and oxygen atoms in total. The van der Waals surface area contributed by atoms with E-state index >= 15 is 0 Å². The zero-order valence-electron chi connectivity index (χ0n) is 21.9. The first-order chi connectivity index (χ1) is 17.9. The van der Waals surface area contributed by atoms with Crippen LogP contribution in [-0.4, -0.2) is 95.8 Å². The van der Waals surface area contributed by atoms with Crippen molar-refractivity contribution in [1.29, 1.82) is 0 Å². The van der Waals surface area contributed by atoms with Gasteiger partial charge >= 0.3 is 5.97 Å². The second-order valence-corrected chi connectivity index (χ2v) is 11.5. The molecule has 2 atom stereocenters. The Bertz CT molecular complexity index is 1010. The van der Waals surface area contributed by atoms with Crippen molar-refractivity contribution < 1.29 is 23.5 Å². The van der Waals surface area contributed by atoms with Crippen LogP contribution >= 0.6 is 11.8 Å². The summed E-state index contributed by atoms with van der Waals surface area (Å²) >= 11 is 1.35. The van der Waals surface area contributed by atoms with Gasteiger partial charge in [0.25, 0.3) is 0 Å². The second-order valence-electron chi connectivity index (χ2n) is 10.1. The molecular formula is C28H38FN3O4S. The molecule has 2 heterocycles. The highest BCUT2D eigenvalue weighted by molar-refractivity contribution is 8.14. The van der Waals surface area contributed by atoms with E-state index in [4.69, 9.17) is 4.74 Å². The summed E-state index contributed by atoms with van der Waals surface area (Å²) in [6.07, 6.45) is 4.71. The van der Waals surface area contributed by atoms with E-state index in [1.54, 1.807) is 25.1 Å². The van der Waals surface area contributed by atoms with Crippen LogP contribution < -0.4 is 0 Å². The summed E-state index contributed by atoms with van der Waals surface area (Å²) in [5.74, 6) is -0.394. The molecule has 202 valence electrons. The van der Waals surface area contributed by atoms with Gasteiger partial charge in [0, 0.05) is 69.5 Å². The van der Waals surface area contributed by atoms with Crippen LogP contribution in [0.15, 0.2) is 35.9 Å². The molecule has 4 rings (SSSR count). The van der Waals surface area contributed by atoms with E-state index in [9.17, 15) is 18.8 Å². The topological polar surface area (TPSA) is 70.2 Å². The standard InChI is InChI=1S/C28H38FN3O4S/c1-3-36-26(34)19-31-16-14-30(15-17-31)12-10-22-18-32(13-11-25(22)37-20(2)33)27(28(35)21-8-9-21)23-6-4-5-7-24(23)29/h4-7,10,21,25,27H,3,8-9,11-19H2,1-2H3/b22-10+. The number of likely N-dealkylation sites (tertiary alicyclic amines) is 1. The molecule has 0 spiro atoms. The third-order valence-electron chi connectivity index (χ3n) is 7.33. The number of carbonyl (C=O) groups is 3. The number of nitrogens with zero attached hydrogens (tertiary/aromatic N) is 3. The number of ketones is 1. The number of Topliss-reactive ketones (excluding diaryl/α,β-unsaturated/α-hetero) is 1. The number of halogens is 1. The quantitative estimate of drug-likeness (QED) is 0.337. The number of ether oxygens (including phenoxy) is 1. The summed E-state index contributed by atoms with van der Waals surface area (Å²) in [6, 6.07) is 6.02. The minimum atomic E-state index is -0.591. The smallest absolute Gasteiger partial charge is 0.320 e. The first kappa shape index (κ1) is 28.0. The van der Waals surface area contributed by atoms with Gasteiger partial charge in [0.2, 0.25) is 0 Å². The Morgan fingerprint density at radius 1 is 1.08 bits per heavy atom. The molecule has 2 aliphatic heterocycles. The Labute approximate surface area is 223 Å². The van der Waals surface area contributed by atoms with Crippen molar-refractivity contribution in [2.45, 2.75) is 44.4 Å². The molecular weight excluding hydrogens is 493 g/mol. The first-order valence-electron chi connectivity index (χ1n) is 13.3. The molecule has 9 heteroatoms. The zero-order valence-corrected chi connectivity index (χ0v) is 22.7. The van der Waals surface area contributed by atoms with E-state index in [1.807, 2.05) is 6.92 Å². The SMILES string of the molecule is CCOC(=O)CN1CCN(C/C=C2\CN(C(C(=O)C3CC3)c3ccccc3F)CCC2SC(C)=O)CC1. The van der Waals surface area contributed by atoms with Crippen molar-refractivity contribution in [2.24, 2.45) is 5.92 Å². The van der Waals surface area contributed by atoms with Crippen LogP contribution in [0.4, 0.5) is 4.39 Å². The summed E-state index contributed by atoms with van der Waals surface area (Å²) in [5, 5.41) is 0.146. The van der Waals surface area contributed by atoms with Crippen LogP contribution in [0.1, 0.15) is 44.7 Å². The largest absolute Gasteiger partial charge is 0.465 e. The average molecular weight is 532 g/mol. The van der Waals surface area contributed by atoms with Crippen molar-refractivity contribution in [3.05, 3.63) is 47.3 Å². The van der Waals surface area contributed by atoms with Gasteiger partial charge in [0.05, 0.1) is 19.2 Å². The van der Waals surface area contributed by atoms with Gasteiger partial charge in [-0.1, -0.05) is 36.0 Å². The fourth-order valence-corrected chi connectivity index (χ4v) is 6.16. The highest BCUT2D eigenvalue weighted by Gasteiger charge is 2.41. The van der Waals surface area contributed by atoms with Crippen molar-refractivity contribution in [2.75, 3.05) is 59.0 Å². The highest BCUT2D eigenvalue weighted by atomic mass is 32.2. The Hall–Kier alpha value is -2.07. The molecule has 37 heavy (non-hydrogen) atoms. The number of piperazine rings is 1. The van der Waals surface area contributed by atoms with Crippen molar-refractivity contribution >= 4 is 28.6 Å². The van der Waals surface area contributed by atoms with Crippen LogP contribution in [0, 0.1) is 11.7 Å². The summed E-state index contributed by atoms with van der Waals surface area (Å²) < 4.78 is 19.9. The molecule has 0 amide bonds. The van der Waals surface area contributed by atoms with Gasteiger partial charge < -0.3 is 4.74 Å². The molecule has 0 aromatic heterocycles. The van der Waals surface area contributed by atoms with E-state index in [2.05, 4.69) is 20.8 Å². The van der Waals surface area contributed by atoms with Crippen LogP contribution in [-0.2, 0) is 19.1 Å². The predicted octanol–water partition coefficient (Wildman–Crippen LogP) is 3.31. The number of rotatable bonds is 10. The number of hydrogen-bond acceptors (Lipinski definition) is 8. The van der Waals surface area contributed by atoms with Gasteiger partial charge in [0.15, 0.2) is 10.9 Å². The number of carbonyl (C=O) groups excluding carboxylic acids is 3. The number of esters is 1. The van der Waals surface area contributed by atoms with Crippen molar-refractivity contribution in [3.63, 3.8) is 0 Å². The normalized spacial score (nSPS) is 23.6. The number of hydrogen-bond donors (Lipinski definition) is 0. The predicted molar refractivity (Wildman–Crippen MR) is 143 cm³/mol. The Morgan fingerprint density at radius 3 is 2.43 bits per heavy atom. The minimum absolute atomic E-state index is 0.0206. The number of benzene rings is 1. The van der Waals surface area contributed by atoms with E-state index in [1.165, 1.54) is 17.8 Å². The van der Waals surface area contributed by atoms with Gasteiger partial charge in [-0.25, -0.2) is 4.39 Å². The van der Waals surface area contributed by atoms with Crippen LogP contribution in [0.3, 0.4) is 0 Å². The van der Waals surface area contributed by atoms with Crippen LogP contribution in [0.2, 0.25) is 0 Å². The van der Waals surface area contributed by atoms with E-state index < -0.39 is 6.04 Å². The second kappa shape index (κ2) is 13.1. The molecule has 0 N–H and O–H groups in total. The van der Waals surface area contributed by atoms with Crippen molar-refractivity contribution in [1.82, 2.24) is 14.7 Å². The lowest BCUT2D eigenvalue weighted by Gasteiger charge is -2.39. The summed E-state index contributed by atoms with van der Waals surface area (Å²) in [4.78, 5) is 43.7. The fourth-order valence-electron chi connectivity index (χ4n) is 5.22. The van der Waals surface area contributed by atoms with E-state index in [0.717, 1.165) is 57.6 Å². The van der Waals surface area contributed by atoms with Gasteiger partial charge in [-0.3, -0.25) is 29.1 Å². The van der Waals surface area contributed by atoms with E-state index in [-0.39, 0.29) is 33.9 Å². The molecule has 1 aliphatic carbocycles. The molecule has 1 aromatic rings. The maximum Gasteiger partial charge on any atom is 0.320 e. The molecule has 0 bridgehead atoms. The number of thioether (sulfide) groups is 1. The zero-order chi connectivity index (χ0) is 26.4. The fraction of sp³-hybridized carbons (Fsp3) is 0.607. The molecule has 2 unspecified atom stereocenters. The molecule has 1 saturated carbocycles. The van der Waals surface area contributed by atoms with Gasteiger partial charge in [-0.2, -0.15) is 0 Å². The maximum atomic E-state index is 14.8. The van der Waals surface area contributed by atoms with Crippen LogP contribution in [0.5, 0.6) is 0 Å². The molecule has 2 saturated heterocycles. The lowest BCUT2D eigenvalue weighted by atomic mass is 9.93. The van der Waals surface area contributed by atoms with E-state index in [0.29, 0.717) is 31.8 Å². The lowest BCUT2D eigenvalue weighted by molar-refractivity contribution is -0.144. The Balaban J connectivity index is 1.45. The average Bonchev–Trinajstić information content (AvgIpc) is 3.71. The molecule has 1 aromatic carbocycles. The Kier molecular flexibility index (Phi) is 9.92. The molecule has 0 radical (unpaired) electrons. The maximum absolute atomic E-state index is 14.8. The summed E-state index contributed by atoms with van der Waals surface area (Å²) in [5.41, 5.74) is 1.58. The van der Waals surface area contributed by atoms with Gasteiger partial charge in [0.1, 0.15) is 5.82 Å². The lowest BCUT2D eigenvalue weighted by Crippen LogP contribution is -2.48. The highest BCUT2D eigenvalue weighted by Crippen LogP contribution is 2.40. The third-order valence-corrected chi connectivity index (χ3v) is 8.49. The van der Waals surface area contributed by atoms with Gasteiger partial charge in [-0.05, 0) is 37.8 Å². The molecule has 3 aliphatic rings. The van der Waals surface area contributed by atoms with Crippen LogP contribution in [0.25, 0.3) is 0 Å². The molecule has 3 fully saturated rings.